The van der Waals surface area contributed by atoms with Gasteiger partial charge in [-0.05, 0) is 36.8 Å². The number of halogens is 1. The second kappa shape index (κ2) is 6.87. The number of benzene rings is 2. The lowest BCUT2D eigenvalue weighted by atomic mass is 10.1. The van der Waals surface area contributed by atoms with Crippen molar-refractivity contribution in [3.05, 3.63) is 69.7 Å². The Labute approximate surface area is 132 Å². The van der Waals surface area contributed by atoms with Gasteiger partial charge in [-0.25, -0.2) is 0 Å². The van der Waals surface area contributed by atoms with E-state index in [4.69, 9.17) is 0 Å². The molecular weight excluding hydrogens is 328 g/mol. The van der Waals surface area contributed by atoms with Crippen molar-refractivity contribution in [1.82, 2.24) is 0 Å². The molecule has 1 amide bonds. The molecule has 1 N–H and O–H groups in total. The number of hydrogen-bond acceptors (Lipinski definition) is 2. The molecule has 0 aromatic heterocycles. The smallest absolute Gasteiger partial charge is 0.266 e. The van der Waals surface area contributed by atoms with Crippen molar-refractivity contribution in [2.24, 2.45) is 0 Å². The quantitative estimate of drug-likeness (QED) is 0.668. The highest BCUT2D eigenvalue weighted by molar-refractivity contribution is 9.10. The summed E-state index contributed by atoms with van der Waals surface area (Å²) in [6.07, 6.45) is 1.58. The molecule has 2 aromatic carbocycles. The van der Waals surface area contributed by atoms with E-state index in [0.717, 1.165) is 15.6 Å². The minimum absolute atomic E-state index is 0.0700. The van der Waals surface area contributed by atoms with Gasteiger partial charge in [0.05, 0.1) is 0 Å². The Morgan fingerprint density at radius 3 is 2.67 bits per heavy atom. The Bertz CT molecular complexity index is 744. The Morgan fingerprint density at radius 2 is 2.00 bits per heavy atom. The summed E-state index contributed by atoms with van der Waals surface area (Å²) < 4.78 is 0.862. The second-order valence-electron chi connectivity index (χ2n) is 4.55. The van der Waals surface area contributed by atoms with Gasteiger partial charge in [-0.15, -0.1) is 0 Å². The maximum absolute atomic E-state index is 12.1. The average molecular weight is 341 g/mol. The van der Waals surface area contributed by atoms with Crippen molar-refractivity contribution >= 4 is 33.6 Å². The van der Waals surface area contributed by atoms with Crippen LogP contribution in [0.1, 0.15) is 11.1 Å². The molecule has 0 atom stereocenters. The largest absolute Gasteiger partial charge is 0.321 e. The van der Waals surface area contributed by atoms with E-state index >= 15 is 0 Å². The summed E-state index contributed by atoms with van der Waals surface area (Å²) in [6.45, 7) is 1.96. The van der Waals surface area contributed by atoms with Crippen LogP contribution in [-0.4, -0.2) is 5.91 Å². The molecule has 2 aromatic rings. The van der Waals surface area contributed by atoms with Gasteiger partial charge in [0.1, 0.15) is 11.6 Å². The fourth-order valence-corrected chi connectivity index (χ4v) is 2.24. The molecule has 0 aliphatic carbocycles. The summed E-state index contributed by atoms with van der Waals surface area (Å²) in [4.78, 5) is 12.1. The summed E-state index contributed by atoms with van der Waals surface area (Å²) in [5.74, 6) is -0.419. The first-order valence-electron chi connectivity index (χ1n) is 6.34. The highest BCUT2D eigenvalue weighted by Crippen LogP contribution is 2.17. The number of carbonyl (C=O) groups is 1. The molecule has 21 heavy (non-hydrogen) atoms. The maximum atomic E-state index is 12.1. The number of aryl methyl sites for hydroxylation is 1. The fraction of sp³-hybridized carbons (Fsp3) is 0.0588. The molecule has 0 saturated heterocycles. The first kappa shape index (κ1) is 15.0. The fourth-order valence-electron chi connectivity index (χ4n) is 1.84. The topological polar surface area (TPSA) is 52.9 Å². The number of rotatable bonds is 3. The maximum Gasteiger partial charge on any atom is 0.266 e. The van der Waals surface area contributed by atoms with Crippen molar-refractivity contribution in [2.45, 2.75) is 6.92 Å². The van der Waals surface area contributed by atoms with Crippen LogP contribution in [0.25, 0.3) is 6.08 Å². The van der Waals surface area contributed by atoms with Crippen LogP contribution < -0.4 is 5.32 Å². The standard InChI is InChI=1S/C17H13BrN2O/c1-12-4-2-5-13(8-12)9-14(11-19)17(21)20-16-7-3-6-15(18)10-16/h2-10H,1H3,(H,20,21)/b14-9+. The Hall–Kier alpha value is -2.38. The highest BCUT2D eigenvalue weighted by atomic mass is 79.9. The average Bonchev–Trinajstić information content (AvgIpc) is 2.44. The van der Waals surface area contributed by atoms with Gasteiger partial charge in [-0.3, -0.25) is 4.79 Å². The number of hydrogen-bond donors (Lipinski definition) is 1. The lowest BCUT2D eigenvalue weighted by Gasteiger charge is -2.05. The van der Waals surface area contributed by atoms with Gasteiger partial charge in [0.2, 0.25) is 0 Å². The first-order chi connectivity index (χ1) is 10.1. The molecule has 0 aliphatic heterocycles. The molecule has 104 valence electrons. The van der Waals surface area contributed by atoms with Crippen LogP contribution in [0.4, 0.5) is 5.69 Å². The molecular formula is C17H13BrN2O. The van der Waals surface area contributed by atoms with E-state index in [9.17, 15) is 10.1 Å². The molecule has 2 rings (SSSR count). The van der Waals surface area contributed by atoms with Gasteiger partial charge in [0.25, 0.3) is 5.91 Å². The van der Waals surface area contributed by atoms with Crippen molar-refractivity contribution in [3.8, 4) is 6.07 Å². The van der Waals surface area contributed by atoms with E-state index in [1.54, 1.807) is 18.2 Å². The second-order valence-corrected chi connectivity index (χ2v) is 5.46. The molecule has 0 unspecified atom stereocenters. The minimum atomic E-state index is -0.419. The van der Waals surface area contributed by atoms with Gasteiger partial charge in [-0.1, -0.05) is 51.8 Å². The van der Waals surface area contributed by atoms with Crippen molar-refractivity contribution in [1.29, 1.82) is 5.26 Å². The molecule has 0 aliphatic rings. The molecule has 0 heterocycles. The summed E-state index contributed by atoms with van der Waals surface area (Å²) in [5.41, 5.74) is 2.62. The van der Waals surface area contributed by atoms with Crippen molar-refractivity contribution < 1.29 is 4.79 Å². The number of nitrogens with zero attached hydrogens (tertiary/aromatic N) is 1. The van der Waals surface area contributed by atoms with Crippen molar-refractivity contribution in [2.75, 3.05) is 5.32 Å². The number of anilines is 1. The van der Waals surface area contributed by atoms with Crippen molar-refractivity contribution in [3.63, 3.8) is 0 Å². The zero-order valence-corrected chi connectivity index (χ0v) is 13.0. The highest BCUT2D eigenvalue weighted by Gasteiger charge is 2.09. The molecule has 3 nitrogen and oxygen atoms in total. The normalized spacial score (nSPS) is 10.8. The van der Waals surface area contributed by atoms with E-state index in [1.165, 1.54) is 0 Å². The monoisotopic (exact) mass is 340 g/mol. The van der Waals surface area contributed by atoms with Gasteiger partial charge in [0, 0.05) is 10.2 Å². The third kappa shape index (κ3) is 4.30. The predicted octanol–water partition coefficient (Wildman–Crippen LogP) is 4.30. The zero-order chi connectivity index (χ0) is 15.2. The molecule has 0 bridgehead atoms. The molecule has 4 heteroatoms. The number of carbonyl (C=O) groups excluding carboxylic acids is 1. The Morgan fingerprint density at radius 1 is 1.24 bits per heavy atom. The van der Waals surface area contributed by atoms with Gasteiger partial charge in [-0.2, -0.15) is 5.26 Å². The van der Waals surface area contributed by atoms with Crippen LogP contribution >= 0.6 is 15.9 Å². The summed E-state index contributed by atoms with van der Waals surface area (Å²) >= 11 is 3.34. The van der Waals surface area contributed by atoms with Crippen LogP contribution in [0.3, 0.4) is 0 Å². The van der Waals surface area contributed by atoms with Crippen LogP contribution in [0.5, 0.6) is 0 Å². The Balaban J connectivity index is 2.21. The third-order valence-electron chi connectivity index (χ3n) is 2.80. The van der Waals surface area contributed by atoms with Crippen LogP contribution in [-0.2, 0) is 4.79 Å². The predicted molar refractivity (Wildman–Crippen MR) is 87.5 cm³/mol. The van der Waals surface area contributed by atoms with Gasteiger partial charge < -0.3 is 5.32 Å². The summed E-state index contributed by atoms with van der Waals surface area (Å²) in [6, 6.07) is 16.8. The van der Waals surface area contributed by atoms with Crippen LogP contribution in [0, 0.1) is 18.3 Å². The number of nitriles is 1. The first-order valence-corrected chi connectivity index (χ1v) is 7.13. The number of nitrogens with one attached hydrogen (secondary N) is 1. The Kier molecular flexibility index (Phi) is 4.91. The van der Waals surface area contributed by atoms with E-state index in [2.05, 4.69) is 21.2 Å². The minimum Gasteiger partial charge on any atom is -0.321 e. The lowest BCUT2D eigenvalue weighted by Crippen LogP contribution is -2.13. The molecule has 0 fully saturated rings. The van der Waals surface area contributed by atoms with Crippen LogP contribution in [0.2, 0.25) is 0 Å². The van der Waals surface area contributed by atoms with Crippen LogP contribution in [0.15, 0.2) is 58.6 Å². The van der Waals surface area contributed by atoms with Gasteiger partial charge in [0.15, 0.2) is 0 Å². The third-order valence-corrected chi connectivity index (χ3v) is 3.29. The number of amides is 1. The lowest BCUT2D eigenvalue weighted by molar-refractivity contribution is -0.112. The summed E-state index contributed by atoms with van der Waals surface area (Å²) in [7, 11) is 0. The summed E-state index contributed by atoms with van der Waals surface area (Å²) in [5, 5.41) is 11.9. The molecule has 0 radical (unpaired) electrons. The van der Waals surface area contributed by atoms with E-state index in [-0.39, 0.29) is 5.57 Å². The SMILES string of the molecule is Cc1cccc(/C=C(\C#N)C(=O)Nc2cccc(Br)c2)c1. The van der Waals surface area contributed by atoms with E-state index in [1.807, 2.05) is 49.4 Å². The van der Waals surface area contributed by atoms with Gasteiger partial charge >= 0.3 is 0 Å². The van der Waals surface area contributed by atoms with E-state index < -0.39 is 5.91 Å². The zero-order valence-electron chi connectivity index (χ0n) is 11.4. The van der Waals surface area contributed by atoms with E-state index in [0.29, 0.717) is 5.69 Å². The molecule has 0 saturated carbocycles. The molecule has 0 spiro atoms.